The number of amides is 1. The van der Waals surface area contributed by atoms with Gasteiger partial charge in [-0.25, -0.2) is 0 Å². The molecular weight excluding hydrogens is 286 g/mol. The van der Waals surface area contributed by atoms with Crippen molar-refractivity contribution >= 4 is 5.91 Å². The molecule has 4 nitrogen and oxygen atoms in total. The van der Waals surface area contributed by atoms with Crippen LogP contribution in [0, 0.1) is 13.8 Å². The van der Waals surface area contributed by atoms with Crippen LogP contribution < -0.4 is 0 Å². The lowest BCUT2D eigenvalue weighted by molar-refractivity contribution is -0.130. The number of fused-ring (bicyclic) bond motifs is 1. The molecule has 0 unspecified atom stereocenters. The van der Waals surface area contributed by atoms with Crippen LogP contribution in [0.3, 0.4) is 0 Å². The fourth-order valence-electron chi connectivity index (χ4n) is 4.27. The van der Waals surface area contributed by atoms with Gasteiger partial charge in [-0.3, -0.25) is 14.6 Å². The Balaban J connectivity index is 1.64. The minimum atomic E-state index is 0.221. The largest absolute Gasteiger partial charge is 0.348 e. The molecule has 2 aliphatic rings. The summed E-state index contributed by atoms with van der Waals surface area (Å²) in [6.45, 7) is 8.17. The summed E-state index contributed by atoms with van der Waals surface area (Å²) >= 11 is 0. The molecule has 0 radical (unpaired) electrons. The molecule has 126 valence electrons. The first-order chi connectivity index (χ1) is 10.9. The van der Waals surface area contributed by atoms with Crippen molar-refractivity contribution in [3.05, 3.63) is 34.9 Å². The Hall–Kier alpha value is -1.39. The van der Waals surface area contributed by atoms with Gasteiger partial charge in [-0.15, -0.1) is 0 Å². The highest BCUT2D eigenvalue weighted by atomic mass is 16.2. The van der Waals surface area contributed by atoms with E-state index in [0.717, 1.165) is 19.6 Å². The summed E-state index contributed by atoms with van der Waals surface area (Å²) in [5.41, 5.74) is 4.12. The normalized spacial score (nSPS) is 24.9. The summed E-state index contributed by atoms with van der Waals surface area (Å²) in [5.74, 6) is 0.221. The Bertz CT molecular complexity index is 564. The molecule has 4 heteroatoms. The van der Waals surface area contributed by atoms with Gasteiger partial charge in [0.1, 0.15) is 0 Å². The van der Waals surface area contributed by atoms with Gasteiger partial charge in [0.25, 0.3) is 0 Å². The fraction of sp³-hybridized carbons (Fsp3) is 0.632. The van der Waals surface area contributed by atoms with E-state index in [1.165, 1.54) is 29.5 Å². The van der Waals surface area contributed by atoms with E-state index in [4.69, 9.17) is 0 Å². The number of benzene rings is 1. The van der Waals surface area contributed by atoms with Gasteiger partial charge in [0.05, 0.1) is 6.54 Å². The zero-order valence-corrected chi connectivity index (χ0v) is 14.9. The minimum absolute atomic E-state index is 0.221. The molecule has 2 aliphatic heterocycles. The van der Waals surface area contributed by atoms with Crippen LogP contribution in [0.15, 0.2) is 18.2 Å². The van der Waals surface area contributed by atoms with E-state index in [1.807, 2.05) is 14.1 Å². The summed E-state index contributed by atoms with van der Waals surface area (Å²) in [5, 5.41) is 0. The third-order valence-corrected chi connectivity index (χ3v) is 5.31. The molecule has 0 aliphatic carbocycles. The van der Waals surface area contributed by atoms with Gasteiger partial charge in [-0.1, -0.05) is 29.3 Å². The SMILES string of the molecule is Cc1cc(C)cc(CN2CC[C@@H]3[C@H]2CCN3CC(=O)N(C)C)c1. The maximum Gasteiger partial charge on any atom is 0.236 e. The monoisotopic (exact) mass is 315 g/mol. The summed E-state index contributed by atoms with van der Waals surface area (Å²) in [6, 6.07) is 8.03. The zero-order valence-electron chi connectivity index (χ0n) is 14.9. The van der Waals surface area contributed by atoms with Gasteiger partial charge in [0.2, 0.25) is 5.91 Å². The number of hydrogen-bond acceptors (Lipinski definition) is 3. The Morgan fingerprint density at radius 2 is 1.61 bits per heavy atom. The van der Waals surface area contributed by atoms with E-state index in [1.54, 1.807) is 4.90 Å². The second-order valence-electron chi connectivity index (χ2n) is 7.44. The zero-order chi connectivity index (χ0) is 16.6. The number of carbonyl (C=O) groups excluding carboxylic acids is 1. The van der Waals surface area contributed by atoms with Crippen molar-refractivity contribution in [1.82, 2.24) is 14.7 Å². The van der Waals surface area contributed by atoms with Gasteiger partial charge in [-0.2, -0.15) is 0 Å². The highest BCUT2D eigenvalue weighted by Gasteiger charge is 2.42. The van der Waals surface area contributed by atoms with Gasteiger partial charge >= 0.3 is 0 Å². The van der Waals surface area contributed by atoms with Crippen LogP contribution in [0.1, 0.15) is 29.5 Å². The number of hydrogen-bond donors (Lipinski definition) is 0. The number of likely N-dealkylation sites (N-methyl/N-ethyl adjacent to an activating group) is 1. The quantitative estimate of drug-likeness (QED) is 0.851. The van der Waals surface area contributed by atoms with Crippen molar-refractivity contribution < 1.29 is 4.79 Å². The topological polar surface area (TPSA) is 26.8 Å². The second kappa shape index (κ2) is 6.62. The molecule has 0 saturated carbocycles. The molecule has 2 atom stereocenters. The van der Waals surface area contributed by atoms with Crippen LogP contribution in [-0.2, 0) is 11.3 Å². The first-order valence-electron chi connectivity index (χ1n) is 8.69. The Labute approximate surface area is 140 Å². The van der Waals surface area contributed by atoms with Crippen LogP contribution >= 0.6 is 0 Å². The maximum absolute atomic E-state index is 12.0. The van der Waals surface area contributed by atoms with Crippen molar-refractivity contribution in [3.63, 3.8) is 0 Å². The van der Waals surface area contributed by atoms with E-state index in [0.29, 0.717) is 18.6 Å². The molecular formula is C19H29N3O. The Morgan fingerprint density at radius 1 is 1.04 bits per heavy atom. The predicted molar refractivity (Wildman–Crippen MR) is 93.4 cm³/mol. The van der Waals surface area contributed by atoms with Crippen molar-refractivity contribution in [2.75, 3.05) is 33.7 Å². The molecule has 1 amide bonds. The molecule has 0 spiro atoms. The summed E-state index contributed by atoms with van der Waals surface area (Å²) in [4.78, 5) is 18.7. The number of rotatable bonds is 4. The van der Waals surface area contributed by atoms with E-state index in [-0.39, 0.29) is 5.91 Å². The average molecular weight is 315 g/mol. The molecule has 2 fully saturated rings. The van der Waals surface area contributed by atoms with Crippen molar-refractivity contribution in [1.29, 1.82) is 0 Å². The summed E-state index contributed by atoms with van der Waals surface area (Å²) < 4.78 is 0. The Morgan fingerprint density at radius 3 is 2.22 bits per heavy atom. The van der Waals surface area contributed by atoms with Crippen LogP contribution in [0.5, 0.6) is 0 Å². The van der Waals surface area contributed by atoms with Crippen LogP contribution in [0.4, 0.5) is 0 Å². The van der Waals surface area contributed by atoms with Gasteiger partial charge in [0.15, 0.2) is 0 Å². The average Bonchev–Trinajstić information content (AvgIpc) is 3.02. The van der Waals surface area contributed by atoms with Crippen LogP contribution in [0.2, 0.25) is 0 Å². The van der Waals surface area contributed by atoms with E-state index >= 15 is 0 Å². The van der Waals surface area contributed by atoms with Crippen LogP contribution in [0.25, 0.3) is 0 Å². The Kier molecular flexibility index (Phi) is 4.74. The lowest BCUT2D eigenvalue weighted by Crippen LogP contribution is -2.41. The van der Waals surface area contributed by atoms with E-state index in [2.05, 4.69) is 41.8 Å². The molecule has 23 heavy (non-hydrogen) atoms. The molecule has 1 aromatic rings. The summed E-state index contributed by atoms with van der Waals surface area (Å²) in [6.07, 6.45) is 2.38. The lowest BCUT2D eigenvalue weighted by atomic mass is 10.1. The maximum atomic E-state index is 12.0. The van der Waals surface area contributed by atoms with E-state index < -0.39 is 0 Å². The number of carbonyl (C=O) groups is 1. The van der Waals surface area contributed by atoms with Gasteiger partial charge in [0, 0.05) is 45.8 Å². The molecule has 3 rings (SSSR count). The van der Waals surface area contributed by atoms with Crippen molar-refractivity contribution in [3.8, 4) is 0 Å². The van der Waals surface area contributed by atoms with Crippen molar-refractivity contribution in [2.24, 2.45) is 0 Å². The third kappa shape index (κ3) is 3.59. The second-order valence-corrected chi connectivity index (χ2v) is 7.44. The van der Waals surface area contributed by atoms with Gasteiger partial charge < -0.3 is 4.90 Å². The first kappa shape index (κ1) is 16.5. The highest BCUT2D eigenvalue weighted by Crippen LogP contribution is 2.32. The third-order valence-electron chi connectivity index (χ3n) is 5.31. The molecule has 0 N–H and O–H groups in total. The number of aryl methyl sites for hydroxylation is 2. The van der Waals surface area contributed by atoms with Gasteiger partial charge in [-0.05, 0) is 32.3 Å². The smallest absolute Gasteiger partial charge is 0.236 e. The predicted octanol–water partition coefficient (Wildman–Crippen LogP) is 2.04. The molecule has 0 aromatic heterocycles. The van der Waals surface area contributed by atoms with Crippen LogP contribution in [-0.4, -0.2) is 66.4 Å². The minimum Gasteiger partial charge on any atom is -0.348 e. The number of nitrogens with zero attached hydrogens (tertiary/aromatic N) is 3. The molecule has 2 heterocycles. The molecule has 2 saturated heterocycles. The standard InChI is InChI=1S/C19H29N3O/c1-14-9-15(2)11-16(10-14)12-21-7-5-18-17(21)6-8-22(18)13-19(23)20(3)4/h9-11,17-18H,5-8,12-13H2,1-4H3/t17-,18-/m1/s1. The van der Waals surface area contributed by atoms with Crippen molar-refractivity contribution in [2.45, 2.75) is 45.3 Å². The number of likely N-dealkylation sites (tertiary alicyclic amines) is 2. The lowest BCUT2D eigenvalue weighted by Gasteiger charge is -2.26. The highest BCUT2D eigenvalue weighted by molar-refractivity contribution is 5.77. The summed E-state index contributed by atoms with van der Waals surface area (Å²) in [7, 11) is 3.69. The molecule has 1 aromatic carbocycles. The first-order valence-corrected chi connectivity index (χ1v) is 8.69. The van der Waals surface area contributed by atoms with E-state index in [9.17, 15) is 4.79 Å². The molecule has 0 bridgehead atoms. The fourth-order valence-corrected chi connectivity index (χ4v) is 4.27.